The molecule has 2 heteroatoms. The van der Waals surface area contributed by atoms with Crippen molar-refractivity contribution in [3.05, 3.63) is 0 Å². The van der Waals surface area contributed by atoms with Gasteiger partial charge in [-0.15, -0.1) is 0 Å². The molecule has 0 heterocycles. The summed E-state index contributed by atoms with van der Waals surface area (Å²) in [5, 5.41) is 13.8. The van der Waals surface area contributed by atoms with Crippen molar-refractivity contribution in [2.75, 3.05) is 13.1 Å². The molecule has 0 bridgehead atoms. The molecule has 2 aliphatic rings. The highest BCUT2D eigenvalue weighted by Gasteiger charge is 2.36. The highest BCUT2D eigenvalue weighted by Crippen LogP contribution is 2.39. The first-order chi connectivity index (χ1) is 6.99. The van der Waals surface area contributed by atoms with Gasteiger partial charge in [-0.25, -0.2) is 0 Å². The Morgan fingerprint density at radius 3 is 2.27 bits per heavy atom. The lowest BCUT2D eigenvalue weighted by Gasteiger charge is -2.40. The molecule has 2 rings (SSSR count). The summed E-state index contributed by atoms with van der Waals surface area (Å²) < 4.78 is 0. The van der Waals surface area contributed by atoms with Crippen molar-refractivity contribution in [3.8, 4) is 0 Å². The summed E-state index contributed by atoms with van der Waals surface area (Å²) in [6, 6.07) is 0. The molecule has 0 atom stereocenters. The second-order valence-corrected chi connectivity index (χ2v) is 6.46. The first-order valence-electron chi connectivity index (χ1n) is 6.42. The zero-order valence-corrected chi connectivity index (χ0v) is 10.2. The van der Waals surface area contributed by atoms with Crippen molar-refractivity contribution in [1.29, 1.82) is 0 Å². The van der Waals surface area contributed by atoms with E-state index in [1.807, 2.05) is 0 Å². The Balaban J connectivity index is 1.70. The molecule has 0 spiro atoms. The Hall–Kier alpha value is -0.0800. The monoisotopic (exact) mass is 211 g/mol. The maximum absolute atomic E-state index is 10.4. The van der Waals surface area contributed by atoms with Crippen LogP contribution >= 0.6 is 0 Å². The van der Waals surface area contributed by atoms with Gasteiger partial charge in [0.05, 0.1) is 5.60 Å². The largest absolute Gasteiger partial charge is 0.389 e. The van der Waals surface area contributed by atoms with E-state index in [1.165, 1.54) is 12.8 Å². The third-order valence-corrected chi connectivity index (χ3v) is 4.12. The van der Waals surface area contributed by atoms with Crippen molar-refractivity contribution < 1.29 is 5.11 Å². The lowest BCUT2D eigenvalue weighted by atomic mass is 9.71. The fourth-order valence-corrected chi connectivity index (χ4v) is 2.40. The second kappa shape index (κ2) is 4.06. The van der Waals surface area contributed by atoms with Crippen LogP contribution in [-0.4, -0.2) is 23.8 Å². The van der Waals surface area contributed by atoms with Gasteiger partial charge in [0.25, 0.3) is 0 Å². The molecule has 0 aromatic carbocycles. The predicted molar refractivity (Wildman–Crippen MR) is 62.8 cm³/mol. The minimum atomic E-state index is -0.412. The molecular weight excluding hydrogens is 186 g/mol. The van der Waals surface area contributed by atoms with Gasteiger partial charge in [-0.3, -0.25) is 0 Å². The highest BCUT2D eigenvalue weighted by atomic mass is 16.3. The molecule has 0 radical (unpaired) electrons. The number of nitrogens with one attached hydrogen (secondary N) is 1. The molecule has 0 aromatic rings. The molecule has 15 heavy (non-hydrogen) atoms. The SMILES string of the molecule is CC1(C)CCC(O)(CNCC2CC2)CC1. The van der Waals surface area contributed by atoms with Gasteiger partial charge in [-0.1, -0.05) is 13.8 Å². The third-order valence-electron chi connectivity index (χ3n) is 4.12. The van der Waals surface area contributed by atoms with Gasteiger partial charge in [0.2, 0.25) is 0 Å². The quantitative estimate of drug-likeness (QED) is 0.748. The molecule has 2 fully saturated rings. The van der Waals surface area contributed by atoms with Crippen molar-refractivity contribution in [3.63, 3.8) is 0 Å². The van der Waals surface area contributed by atoms with Crippen molar-refractivity contribution in [2.45, 2.75) is 58.0 Å². The normalized spacial score (nSPS) is 29.0. The van der Waals surface area contributed by atoms with E-state index >= 15 is 0 Å². The van der Waals surface area contributed by atoms with Crippen molar-refractivity contribution in [1.82, 2.24) is 5.32 Å². The average molecular weight is 211 g/mol. The Kier molecular flexibility index (Phi) is 3.09. The molecule has 2 aliphatic carbocycles. The van der Waals surface area contributed by atoms with E-state index in [9.17, 15) is 5.11 Å². The maximum atomic E-state index is 10.4. The third kappa shape index (κ3) is 3.46. The summed E-state index contributed by atoms with van der Waals surface area (Å²) >= 11 is 0. The van der Waals surface area contributed by atoms with E-state index in [1.54, 1.807) is 0 Å². The zero-order chi connectivity index (χ0) is 10.9. The first-order valence-corrected chi connectivity index (χ1v) is 6.42. The molecule has 0 unspecified atom stereocenters. The van der Waals surface area contributed by atoms with Crippen LogP contribution in [0.1, 0.15) is 52.4 Å². The summed E-state index contributed by atoms with van der Waals surface area (Å²) in [5.41, 5.74) is 0.0349. The fourth-order valence-electron chi connectivity index (χ4n) is 2.40. The molecular formula is C13H25NO. The van der Waals surface area contributed by atoms with Gasteiger partial charge in [0.1, 0.15) is 0 Å². The van der Waals surface area contributed by atoms with Crippen LogP contribution in [0.4, 0.5) is 0 Å². The van der Waals surface area contributed by atoms with Crippen LogP contribution < -0.4 is 5.32 Å². The molecule has 2 saturated carbocycles. The molecule has 2 nitrogen and oxygen atoms in total. The number of rotatable bonds is 4. The lowest BCUT2D eigenvalue weighted by molar-refractivity contribution is -0.0243. The minimum Gasteiger partial charge on any atom is -0.389 e. The highest BCUT2D eigenvalue weighted by molar-refractivity contribution is 4.91. The van der Waals surface area contributed by atoms with E-state index < -0.39 is 5.60 Å². The zero-order valence-electron chi connectivity index (χ0n) is 10.2. The summed E-state index contributed by atoms with van der Waals surface area (Å²) in [6.07, 6.45) is 7.04. The Morgan fingerprint density at radius 2 is 1.73 bits per heavy atom. The first kappa shape index (κ1) is 11.4. The van der Waals surface area contributed by atoms with Crippen LogP contribution in [0.3, 0.4) is 0 Å². The van der Waals surface area contributed by atoms with Gasteiger partial charge in [-0.05, 0) is 56.4 Å². The summed E-state index contributed by atoms with van der Waals surface area (Å²) in [4.78, 5) is 0. The van der Waals surface area contributed by atoms with Gasteiger partial charge in [-0.2, -0.15) is 0 Å². The number of aliphatic hydroxyl groups is 1. The van der Waals surface area contributed by atoms with Gasteiger partial charge in [0.15, 0.2) is 0 Å². The second-order valence-electron chi connectivity index (χ2n) is 6.46. The van der Waals surface area contributed by atoms with E-state index in [4.69, 9.17) is 0 Å². The smallest absolute Gasteiger partial charge is 0.0772 e. The Morgan fingerprint density at radius 1 is 1.13 bits per heavy atom. The molecule has 0 aliphatic heterocycles. The Bertz CT molecular complexity index is 211. The molecule has 0 aromatic heterocycles. The van der Waals surface area contributed by atoms with E-state index in [-0.39, 0.29) is 0 Å². The van der Waals surface area contributed by atoms with Crippen molar-refractivity contribution >= 4 is 0 Å². The minimum absolute atomic E-state index is 0.412. The lowest BCUT2D eigenvalue weighted by Crippen LogP contribution is -2.45. The van der Waals surface area contributed by atoms with E-state index in [0.29, 0.717) is 5.41 Å². The van der Waals surface area contributed by atoms with Gasteiger partial charge < -0.3 is 10.4 Å². The van der Waals surface area contributed by atoms with Crippen LogP contribution in [0.2, 0.25) is 0 Å². The molecule has 2 N–H and O–H groups in total. The van der Waals surface area contributed by atoms with Crippen LogP contribution in [-0.2, 0) is 0 Å². The standard InChI is InChI=1S/C13H25NO/c1-12(2)5-7-13(15,8-6-12)10-14-9-11-3-4-11/h11,14-15H,3-10H2,1-2H3. The summed E-state index contributed by atoms with van der Waals surface area (Å²) in [5.74, 6) is 0.911. The fraction of sp³-hybridized carbons (Fsp3) is 1.00. The van der Waals surface area contributed by atoms with Gasteiger partial charge in [0, 0.05) is 6.54 Å². The maximum Gasteiger partial charge on any atom is 0.0772 e. The van der Waals surface area contributed by atoms with Crippen molar-refractivity contribution in [2.24, 2.45) is 11.3 Å². The van der Waals surface area contributed by atoms with Crippen LogP contribution in [0.15, 0.2) is 0 Å². The van der Waals surface area contributed by atoms with Gasteiger partial charge >= 0.3 is 0 Å². The number of hydrogen-bond donors (Lipinski definition) is 2. The summed E-state index contributed by atoms with van der Waals surface area (Å²) in [7, 11) is 0. The molecule has 88 valence electrons. The molecule has 0 amide bonds. The van der Waals surface area contributed by atoms with Crippen LogP contribution in [0.5, 0.6) is 0 Å². The Labute approximate surface area is 93.5 Å². The molecule has 0 saturated heterocycles. The number of hydrogen-bond acceptors (Lipinski definition) is 2. The summed E-state index contributed by atoms with van der Waals surface area (Å²) in [6.45, 7) is 6.54. The average Bonchev–Trinajstić information content (AvgIpc) is 2.95. The van der Waals surface area contributed by atoms with E-state index in [0.717, 1.165) is 44.7 Å². The topological polar surface area (TPSA) is 32.3 Å². The van der Waals surface area contributed by atoms with E-state index in [2.05, 4.69) is 19.2 Å². The van der Waals surface area contributed by atoms with Crippen LogP contribution in [0.25, 0.3) is 0 Å². The van der Waals surface area contributed by atoms with Crippen LogP contribution in [0, 0.1) is 11.3 Å². The predicted octanol–water partition coefficient (Wildman–Crippen LogP) is 2.32.